The van der Waals surface area contributed by atoms with Gasteiger partial charge in [-0.3, -0.25) is 9.69 Å². The van der Waals surface area contributed by atoms with Crippen molar-refractivity contribution in [1.29, 1.82) is 0 Å². The van der Waals surface area contributed by atoms with E-state index < -0.39 is 0 Å². The van der Waals surface area contributed by atoms with Crippen molar-refractivity contribution < 1.29 is 4.79 Å². The molecule has 0 aliphatic carbocycles. The van der Waals surface area contributed by atoms with E-state index in [0.717, 1.165) is 76.7 Å². The highest BCUT2D eigenvalue weighted by atomic mass is 16.2. The normalized spacial score (nSPS) is 25.0. The smallest absolute Gasteiger partial charge is 0.227 e. The number of piperidine rings is 2. The van der Waals surface area contributed by atoms with Crippen molar-refractivity contribution in [3.8, 4) is 0 Å². The van der Waals surface area contributed by atoms with Crippen LogP contribution in [-0.2, 0) is 4.79 Å². The van der Waals surface area contributed by atoms with E-state index in [0.29, 0.717) is 11.9 Å². The fourth-order valence-electron chi connectivity index (χ4n) is 4.81. The molecule has 1 atom stereocenters. The number of amides is 1. The Morgan fingerprint density at radius 3 is 2.59 bits per heavy atom. The molecule has 7 heteroatoms. The lowest BCUT2D eigenvalue weighted by atomic mass is 9.93. The average molecular weight is 373 g/mol. The Labute approximate surface area is 162 Å². The minimum absolute atomic E-state index is 0.213. The second-order valence-corrected chi connectivity index (χ2v) is 8.08. The maximum absolute atomic E-state index is 12.8. The molecule has 27 heavy (non-hydrogen) atoms. The molecule has 4 rings (SSSR count). The summed E-state index contributed by atoms with van der Waals surface area (Å²) in [6, 6.07) is 2.48. The molecule has 0 unspecified atom stereocenters. The standard InChI is InChI=1S/C20H32N6O/c1-21-18-6-9-22-20(23-18)25-13-7-17(8-14-25)26-12-4-5-16(15-26)19(27)24-10-2-3-11-24/h6,9,16-17H,2-5,7-8,10-15H2,1H3,(H,21,22,23)/t16-/m0/s1. The van der Waals surface area contributed by atoms with Crippen LogP contribution in [0.25, 0.3) is 0 Å². The Morgan fingerprint density at radius 2 is 1.85 bits per heavy atom. The maximum Gasteiger partial charge on any atom is 0.227 e. The number of likely N-dealkylation sites (tertiary alicyclic amines) is 2. The first kappa shape index (κ1) is 18.5. The van der Waals surface area contributed by atoms with Crippen LogP contribution in [-0.4, -0.2) is 78.0 Å². The minimum atomic E-state index is 0.213. The van der Waals surface area contributed by atoms with Crippen molar-refractivity contribution in [3.63, 3.8) is 0 Å². The quantitative estimate of drug-likeness (QED) is 0.870. The van der Waals surface area contributed by atoms with Crippen molar-refractivity contribution in [2.75, 3.05) is 56.5 Å². The number of rotatable bonds is 4. The summed E-state index contributed by atoms with van der Waals surface area (Å²) in [4.78, 5) is 28.8. The second-order valence-electron chi connectivity index (χ2n) is 8.08. The van der Waals surface area contributed by atoms with Crippen molar-refractivity contribution in [2.24, 2.45) is 5.92 Å². The van der Waals surface area contributed by atoms with E-state index >= 15 is 0 Å². The first-order chi connectivity index (χ1) is 13.2. The zero-order valence-corrected chi connectivity index (χ0v) is 16.4. The van der Waals surface area contributed by atoms with Crippen LogP contribution in [0, 0.1) is 5.92 Å². The molecule has 0 aromatic carbocycles. The van der Waals surface area contributed by atoms with Crippen molar-refractivity contribution >= 4 is 17.7 Å². The van der Waals surface area contributed by atoms with Gasteiger partial charge in [0.2, 0.25) is 11.9 Å². The highest BCUT2D eigenvalue weighted by Gasteiger charge is 2.34. The van der Waals surface area contributed by atoms with Gasteiger partial charge < -0.3 is 15.1 Å². The highest BCUT2D eigenvalue weighted by molar-refractivity contribution is 5.79. The summed E-state index contributed by atoms with van der Waals surface area (Å²) in [5, 5.41) is 3.08. The Balaban J connectivity index is 1.31. The molecule has 148 valence electrons. The summed E-state index contributed by atoms with van der Waals surface area (Å²) in [5.41, 5.74) is 0. The highest BCUT2D eigenvalue weighted by Crippen LogP contribution is 2.27. The Kier molecular flexibility index (Phi) is 5.76. The summed E-state index contributed by atoms with van der Waals surface area (Å²) in [6.45, 7) is 6.00. The van der Waals surface area contributed by atoms with Crippen molar-refractivity contribution in [3.05, 3.63) is 12.3 Å². The molecule has 1 amide bonds. The van der Waals surface area contributed by atoms with E-state index in [-0.39, 0.29) is 5.92 Å². The first-order valence-electron chi connectivity index (χ1n) is 10.5. The Bertz CT molecular complexity index is 639. The van der Waals surface area contributed by atoms with E-state index in [1.165, 1.54) is 12.8 Å². The molecule has 3 fully saturated rings. The summed E-state index contributed by atoms with van der Waals surface area (Å²) in [5.74, 6) is 2.31. The molecular weight excluding hydrogens is 340 g/mol. The lowest BCUT2D eigenvalue weighted by molar-refractivity contribution is -0.136. The van der Waals surface area contributed by atoms with Gasteiger partial charge in [0, 0.05) is 52.0 Å². The average Bonchev–Trinajstić information content (AvgIpc) is 3.28. The van der Waals surface area contributed by atoms with Crippen LogP contribution >= 0.6 is 0 Å². The van der Waals surface area contributed by atoms with Gasteiger partial charge in [0.25, 0.3) is 0 Å². The molecule has 1 N–H and O–H groups in total. The predicted octanol–water partition coefficient (Wildman–Crippen LogP) is 1.82. The zero-order chi connectivity index (χ0) is 18.6. The molecule has 3 aliphatic rings. The Morgan fingerprint density at radius 1 is 1.07 bits per heavy atom. The molecule has 4 heterocycles. The summed E-state index contributed by atoms with van der Waals surface area (Å²) < 4.78 is 0. The third-order valence-electron chi connectivity index (χ3n) is 6.38. The van der Waals surface area contributed by atoms with Crippen LogP contribution in [0.4, 0.5) is 11.8 Å². The number of aromatic nitrogens is 2. The van der Waals surface area contributed by atoms with E-state index in [4.69, 9.17) is 0 Å². The molecule has 3 saturated heterocycles. The van der Waals surface area contributed by atoms with Gasteiger partial charge in [-0.1, -0.05) is 0 Å². The number of nitrogens with one attached hydrogen (secondary N) is 1. The zero-order valence-electron chi connectivity index (χ0n) is 16.4. The lowest BCUT2D eigenvalue weighted by Crippen LogP contribution is -2.51. The predicted molar refractivity (Wildman–Crippen MR) is 107 cm³/mol. The molecule has 1 aromatic heterocycles. The fraction of sp³-hybridized carbons (Fsp3) is 0.750. The van der Waals surface area contributed by atoms with Crippen LogP contribution in [0.1, 0.15) is 38.5 Å². The third kappa shape index (κ3) is 4.18. The van der Waals surface area contributed by atoms with Crippen LogP contribution in [0.15, 0.2) is 12.3 Å². The van der Waals surface area contributed by atoms with Crippen LogP contribution in [0.2, 0.25) is 0 Å². The monoisotopic (exact) mass is 372 g/mol. The largest absolute Gasteiger partial charge is 0.373 e. The van der Waals surface area contributed by atoms with E-state index in [2.05, 4.69) is 30.0 Å². The fourth-order valence-corrected chi connectivity index (χ4v) is 4.81. The van der Waals surface area contributed by atoms with Crippen LogP contribution in [0.3, 0.4) is 0 Å². The number of anilines is 2. The third-order valence-corrected chi connectivity index (χ3v) is 6.38. The van der Waals surface area contributed by atoms with Crippen LogP contribution in [0.5, 0.6) is 0 Å². The second kappa shape index (κ2) is 8.42. The van der Waals surface area contributed by atoms with E-state index in [1.54, 1.807) is 0 Å². The van der Waals surface area contributed by atoms with Gasteiger partial charge in [-0.15, -0.1) is 0 Å². The molecular formula is C20H32N6O. The van der Waals surface area contributed by atoms with Gasteiger partial charge in [0.15, 0.2) is 0 Å². The topological polar surface area (TPSA) is 64.6 Å². The first-order valence-corrected chi connectivity index (χ1v) is 10.5. The van der Waals surface area contributed by atoms with Gasteiger partial charge in [0.05, 0.1) is 5.92 Å². The van der Waals surface area contributed by atoms with Gasteiger partial charge >= 0.3 is 0 Å². The van der Waals surface area contributed by atoms with Crippen molar-refractivity contribution in [1.82, 2.24) is 19.8 Å². The number of carbonyl (C=O) groups excluding carboxylic acids is 1. The summed E-state index contributed by atoms with van der Waals surface area (Å²) in [7, 11) is 1.88. The van der Waals surface area contributed by atoms with Gasteiger partial charge in [-0.25, -0.2) is 4.98 Å². The molecule has 1 aromatic rings. The molecule has 0 saturated carbocycles. The SMILES string of the molecule is CNc1ccnc(N2CCC(N3CCC[C@H](C(=O)N4CCCC4)C3)CC2)n1. The van der Waals surface area contributed by atoms with Gasteiger partial charge in [0.1, 0.15) is 5.82 Å². The number of hydrogen-bond acceptors (Lipinski definition) is 6. The Hall–Kier alpha value is -1.89. The number of carbonyl (C=O) groups is 1. The summed E-state index contributed by atoms with van der Waals surface area (Å²) >= 11 is 0. The maximum atomic E-state index is 12.8. The summed E-state index contributed by atoms with van der Waals surface area (Å²) in [6.07, 6.45) is 8.64. The molecule has 0 radical (unpaired) electrons. The van der Waals surface area contributed by atoms with E-state index in [9.17, 15) is 4.79 Å². The molecule has 0 spiro atoms. The number of hydrogen-bond donors (Lipinski definition) is 1. The van der Waals surface area contributed by atoms with Crippen LogP contribution < -0.4 is 10.2 Å². The van der Waals surface area contributed by atoms with Gasteiger partial charge in [-0.2, -0.15) is 4.98 Å². The molecule has 3 aliphatic heterocycles. The molecule has 0 bridgehead atoms. The van der Waals surface area contributed by atoms with Crippen molar-refractivity contribution in [2.45, 2.75) is 44.6 Å². The minimum Gasteiger partial charge on any atom is -0.373 e. The lowest BCUT2D eigenvalue weighted by Gasteiger charge is -2.42. The van der Waals surface area contributed by atoms with Gasteiger partial charge in [-0.05, 0) is 51.1 Å². The number of nitrogens with zero attached hydrogens (tertiary/aromatic N) is 5. The molecule has 7 nitrogen and oxygen atoms in total. The van der Waals surface area contributed by atoms with E-state index in [1.807, 2.05) is 19.3 Å².